The SMILES string of the molecule is CCCCc1ccc(NC(=O)NCCC[C@H](CNCc2cccc3cc[nH]c23)C[C@H]2O[C@@H](n3cnc4c(N)ncnc43)[C@@H](O)C2O)cc1. The van der Waals surface area contributed by atoms with Gasteiger partial charge < -0.3 is 41.6 Å². The molecule has 48 heavy (non-hydrogen) atoms. The molecule has 6 rings (SSSR count). The number of hydrogen-bond acceptors (Lipinski definition) is 9. The van der Waals surface area contributed by atoms with Crippen molar-refractivity contribution < 1.29 is 19.7 Å². The van der Waals surface area contributed by atoms with Crippen LogP contribution in [0.15, 0.2) is 67.4 Å². The van der Waals surface area contributed by atoms with Gasteiger partial charge in [0.1, 0.15) is 24.1 Å². The standard InChI is InChI=1S/C35H45N9O4/c1-2-3-6-22-10-12-26(13-11-22)43-35(47)39-15-5-7-23(18-37-19-25-9-4-8-24-14-16-38-28(24)25)17-27-30(45)31(46)34(48-27)44-21-42-29-32(36)40-20-41-33(29)44/h4,8-14,16,20-21,23,27,30-31,34,37-38,45-46H,2-3,5-7,15,17-19H2,1H3,(H2,36,40,41)(H2,39,43,47)/t23-,27+,30?,31-,34+/m0/s1. The Kier molecular flexibility index (Phi) is 10.8. The number of urea groups is 1. The van der Waals surface area contributed by atoms with Crippen molar-refractivity contribution in [1.29, 1.82) is 0 Å². The molecule has 1 fully saturated rings. The number of ether oxygens (including phenoxy) is 1. The number of aromatic nitrogens is 5. The van der Waals surface area contributed by atoms with E-state index in [9.17, 15) is 15.0 Å². The Morgan fingerprint density at radius 2 is 1.94 bits per heavy atom. The van der Waals surface area contributed by atoms with Crippen LogP contribution in [0.3, 0.4) is 0 Å². The Morgan fingerprint density at radius 3 is 2.77 bits per heavy atom. The van der Waals surface area contributed by atoms with E-state index >= 15 is 0 Å². The number of amides is 2. The summed E-state index contributed by atoms with van der Waals surface area (Å²) in [5.74, 6) is 0.309. The summed E-state index contributed by atoms with van der Waals surface area (Å²) in [4.78, 5) is 28.5. The van der Waals surface area contributed by atoms with E-state index in [-0.39, 0.29) is 17.8 Å². The number of H-pyrrole nitrogens is 1. The van der Waals surface area contributed by atoms with Gasteiger partial charge in [-0.2, -0.15) is 0 Å². The number of imidazole rings is 1. The number of nitrogens with zero attached hydrogens (tertiary/aromatic N) is 4. The average Bonchev–Trinajstić information content (AvgIpc) is 3.82. The molecular weight excluding hydrogens is 610 g/mol. The molecule has 0 spiro atoms. The van der Waals surface area contributed by atoms with Crippen molar-refractivity contribution in [1.82, 2.24) is 35.1 Å². The topological polar surface area (TPSA) is 188 Å². The summed E-state index contributed by atoms with van der Waals surface area (Å²) in [5, 5.41) is 32.7. The Bertz CT molecular complexity index is 1790. The molecule has 254 valence electrons. The second-order valence-corrected chi connectivity index (χ2v) is 12.5. The summed E-state index contributed by atoms with van der Waals surface area (Å²) in [6, 6.07) is 16.0. The van der Waals surface area contributed by atoms with Gasteiger partial charge in [0.2, 0.25) is 0 Å². The number of hydrogen-bond donors (Lipinski definition) is 7. The van der Waals surface area contributed by atoms with Gasteiger partial charge in [0.15, 0.2) is 17.7 Å². The monoisotopic (exact) mass is 655 g/mol. The number of carbonyl (C=O) groups excluding carboxylic acids is 1. The van der Waals surface area contributed by atoms with Crippen LogP contribution < -0.4 is 21.7 Å². The highest BCUT2D eigenvalue weighted by Gasteiger charge is 2.44. The quantitative estimate of drug-likeness (QED) is 0.0809. The lowest BCUT2D eigenvalue weighted by molar-refractivity contribution is -0.0416. The van der Waals surface area contributed by atoms with E-state index in [0.717, 1.165) is 54.3 Å². The molecule has 13 heteroatoms. The molecular formula is C35H45N9O4. The first-order valence-corrected chi connectivity index (χ1v) is 16.7. The minimum atomic E-state index is -1.19. The fourth-order valence-electron chi connectivity index (χ4n) is 6.45. The van der Waals surface area contributed by atoms with E-state index < -0.39 is 24.5 Å². The molecule has 2 amide bonds. The number of aryl methyl sites for hydroxylation is 1. The van der Waals surface area contributed by atoms with E-state index in [0.29, 0.717) is 37.2 Å². The lowest BCUT2D eigenvalue weighted by Gasteiger charge is -2.23. The fraction of sp³-hybridized carbons (Fsp3) is 0.429. The van der Waals surface area contributed by atoms with Crippen LogP contribution in [0, 0.1) is 5.92 Å². The van der Waals surface area contributed by atoms with Crippen LogP contribution in [0.25, 0.3) is 22.1 Å². The second kappa shape index (κ2) is 15.6. The summed E-state index contributed by atoms with van der Waals surface area (Å²) in [6.45, 7) is 3.97. The summed E-state index contributed by atoms with van der Waals surface area (Å²) < 4.78 is 7.86. The lowest BCUT2D eigenvalue weighted by atomic mass is 9.93. The molecule has 4 heterocycles. The highest BCUT2D eigenvalue weighted by Crippen LogP contribution is 2.35. The number of aliphatic hydroxyl groups excluding tert-OH is 2. The van der Waals surface area contributed by atoms with E-state index in [1.807, 2.05) is 24.4 Å². The molecule has 2 aromatic carbocycles. The van der Waals surface area contributed by atoms with Gasteiger partial charge in [-0.3, -0.25) is 4.57 Å². The highest BCUT2D eigenvalue weighted by molar-refractivity contribution is 5.89. The number of anilines is 2. The van der Waals surface area contributed by atoms with Crippen molar-refractivity contribution in [3.8, 4) is 0 Å². The zero-order chi connectivity index (χ0) is 33.5. The summed E-state index contributed by atoms with van der Waals surface area (Å²) in [6.07, 6.45) is 6.27. The van der Waals surface area contributed by atoms with Crippen molar-refractivity contribution in [2.24, 2.45) is 5.92 Å². The first kappa shape index (κ1) is 33.3. The number of para-hydroxylation sites is 1. The minimum Gasteiger partial charge on any atom is -0.388 e. The number of carbonyl (C=O) groups is 1. The summed E-state index contributed by atoms with van der Waals surface area (Å²) in [5.41, 5.74) is 11.1. The molecule has 1 unspecified atom stereocenters. The van der Waals surface area contributed by atoms with Crippen molar-refractivity contribution in [3.05, 3.63) is 78.5 Å². The van der Waals surface area contributed by atoms with E-state index in [2.05, 4.69) is 73.1 Å². The maximum atomic E-state index is 12.6. The number of nitrogen functional groups attached to an aromatic ring is 1. The number of benzene rings is 2. The first-order valence-electron chi connectivity index (χ1n) is 16.7. The second-order valence-electron chi connectivity index (χ2n) is 12.5. The molecule has 1 aliphatic rings. The molecule has 0 radical (unpaired) electrons. The number of fused-ring (bicyclic) bond motifs is 2. The number of rotatable bonds is 15. The predicted molar refractivity (Wildman–Crippen MR) is 185 cm³/mol. The third kappa shape index (κ3) is 7.76. The number of unbranched alkanes of at least 4 members (excludes halogenated alkanes) is 1. The van der Waals surface area contributed by atoms with E-state index in [4.69, 9.17) is 10.5 Å². The Hall–Kier alpha value is -4.56. The molecule has 0 bridgehead atoms. The molecule has 5 aromatic rings. The van der Waals surface area contributed by atoms with Crippen molar-refractivity contribution in [2.45, 2.75) is 76.5 Å². The zero-order valence-corrected chi connectivity index (χ0v) is 27.2. The third-order valence-electron chi connectivity index (χ3n) is 9.09. The third-order valence-corrected chi connectivity index (χ3v) is 9.09. The van der Waals surface area contributed by atoms with E-state index in [1.54, 1.807) is 4.57 Å². The lowest BCUT2D eigenvalue weighted by Crippen LogP contribution is -2.35. The van der Waals surface area contributed by atoms with Gasteiger partial charge in [0.05, 0.1) is 12.4 Å². The summed E-state index contributed by atoms with van der Waals surface area (Å²) >= 11 is 0. The molecule has 3 aromatic heterocycles. The van der Waals surface area contributed by atoms with Crippen LogP contribution in [-0.2, 0) is 17.7 Å². The van der Waals surface area contributed by atoms with Gasteiger partial charge in [-0.25, -0.2) is 19.7 Å². The van der Waals surface area contributed by atoms with Crippen LogP contribution in [-0.4, -0.2) is 72.1 Å². The molecule has 1 saturated heterocycles. The molecule has 8 N–H and O–H groups in total. The number of aliphatic hydroxyl groups is 2. The molecule has 0 aliphatic carbocycles. The van der Waals surface area contributed by atoms with E-state index in [1.165, 1.54) is 18.2 Å². The van der Waals surface area contributed by atoms with Gasteiger partial charge in [0, 0.05) is 30.5 Å². The largest absolute Gasteiger partial charge is 0.388 e. The molecule has 5 atom stereocenters. The van der Waals surface area contributed by atoms with Gasteiger partial charge in [-0.15, -0.1) is 0 Å². The van der Waals surface area contributed by atoms with Gasteiger partial charge in [-0.1, -0.05) is 43.7 Å². The fourth-order valence-corrected chi connectivity index (χ4v) is 6.45. The van der Waals surface area contributed by atoms with Crippen LogP contribution in [0.5, 0.6) is 0 Å². The van der Waals surface area contributed by atoms with Crippen LogP contribution >= 0.6 is 0 Å². The Labute approximate surface area is 279 Å². The zero-order valence-electron chi connectivity index (χ0n) is 27.2. The highest BCUT2D eigenvalue weighted by atomic mass is 16.6. The summed E-state index contributed by atoms with van der Waals surface area (Å²) in [7, 11) is 0. The Balaban J connectivity index is 1.06. The Morgan fingerprint density at radius 1 is 1.08 bits per heavy atom. The number of nitrogens with one attached hydrogen (secondary N) is 4. The average molecular weight is 656 g/mol. The van der Waals surface area contributed by atoms with Crippen LogP contribution in [0.1, 0.15) is 56.4 Å². The molecule has 13 nitrogen and oxygen atoms in total. The smallest absolute Gasteiger partial charge is 0.319 e. The normalized spacial score (nSPS) is 20.0. The number of aromatic amines is 1. The minimum absolute atomic E-state index is 0.0801. The maximum absolute atomic E-state index is 12.6. The van der Waals surface area contributed by atoms with Gasteiger partial charge in [0.25, 0.3) is 0 Å². The predicted octanol–water partition coefficient (Wildman–Crippen LogP) is 4.25. The van der Waals surface area contributed by atoms with Crippen LogP contribution in [0.4, 0.5) is 16.3 Å². The van der Waals surface area contributed by atoms with Crippen LogP contribution in [0.2, 0.25) is 0 Å². The van der Waals surface area contributed by atoms with Crippen molar-refractivity contribution in [3.63, 3.8) is 0 Å². The van der Waals surface area contributed by atoms with Gasteiger partial charge >= 0.3 is 6.03 Å². The maximum Gasteiger partial charge on any atom is 0.319 e. The van der Waals surface area contributed by atoms with Crippen molar-refractivity contribution in [2.75, 3.05) is 24.1 Å². The number of nitrogens with two attached hydrogens (primary N) is 1. The van der Waals surface area contributed by atoms with Crippen molar-refractivity contribution >= 4 is 39.6 Å². The first-order chi connectivity index (χ1) is 23.4. The molecule has 0 saturated carbocycles. The van der Waals surface area contributed by atoms with Gasteiger partial charge in [-0.05, 0) is 79.3 Å². The molecule has 1 aliphatic heterocycles.